The Bertz CT molecular complexity index is 1520. The predicted octanol–water partition coefficient (Wildman–Crippen LogP) is 6.09. The van der Waals surface area contributed by atoms with E-state index in [1.807, 2.05) is 50.2 Å². The van der Waals surface area contributed by atoms with Crippen molar-refractivity contribution < 1.29 is 17.7 Å². The molecule has 0 amide bonds. The van der Waals surface area contributed by atoms with E-state index in [9.17, 15) is 22.9 Å². The molecule has 0 radical (unpaired) electrons. The summed E-state index contributed by atoms with van der Waals surface area (Å²) in [5.74, 6) is -0.414. The third-order valence-electron chi connectivity index (χ3n) is 5.87. The molecule has 0 aromatic heterocycles. The van der Waals surface area contributed by atoms with Crippen molar-refractivity contribution in [3.8, 4) is 11.1 Å². The van der Waals surface area contributed by atoms with Crippen LogP contribution in [0.5, 0.6) is 0 Å². The van der Waals surface area contributed by atoms with Gasteiger partial charge in [0.15, 0.2) is 4.90 Å². The number of hydrogen-bond acceptors (Lipinski definition) is 4. The van der Waals surface area contributed by atoms with E-state index in [0.29, 0.717) is 22.3 Å². The van der Waals surface area contributed by atoms with Gasteiger partial charge in [-0.25, -0.2) is 12.8 Å². The number of nitro groups is 1. The van der Waals surface area contributed by atoms with E-state index in [2.05, 4.69) is 4.72 Å². The molecule has 0 saturated carbocycles. The van der Waals surface area contributed by atoms with Crippen molar-refractivity contribution in [2.45, 2.75) is 24.8 Å². The quantitative estimate of drug-likeness (QED) is 0.251. The van der Waals surface area contributed by atoms with Crippen molar-refractivity contribution in [2.75, 3.05) is 0 Å². The molecule has 0 saturated heterocycles. The average molecular weight is 491 g/mol. The highest BCUT2D eigenvalue weighted by molar-refractivity contribution is 7.89. The molecule has 4 aromatic rings. The first-order chi connectivity index (χ1) is 16.7. The molecule has 0 aliphatic rings. The number of halogens is 1. The lowest BCUT2D eigenvalue weighted by Crippen LogP contribution is -2.31. The number of nitrogens with one attached hydrogen (secondary N) is 1. The number of hydrogen-bond donors (Lipinski definition) is 1. The number of para-hydroxylation sites is 1. The van der Waals surface area contributed by atoms with E-state index < -0.39 is 37.4 Å². The first-order valence-corrected chi connectivity index (χ1v) is 12.3. The molecule has 0 heterocycles. The first-order valence-electron chi connectivity index (χ1n) is 10.9. The molecule has 4 rings (SSSR count). The van der Waals surface area contributed by atoms with E-state index in [0.717, 1.165) is 17.2 Å². The summed E-state index contributed by atoms with van der Waals surface area (Å²) in [5, 5.41) is 11.6. The second kappa shape index (κ2) is 9.77. The van der Waals surface area contributed by atoms with Crippen molar-refractivity contribution in [1.82, 2.24) is 4.72 Å². The predicted molar refractivity (Wildman–Crippen MR) is 133 cm³/mol. The summed E-state index contributed by atoms with van der Waals surface area (Å²) in [6.45, 7) is 3.71. The molecule has 1 unspecified atom stereocenters. The second-order valence-corrected chi connectivity index (χ2v) is 9.86. The van der Waals surface area contributed by atoms with Crippen LogP contribution in [0.25, 0.3) is 11.1 Å². The third-order valence-corrected chi connectivity index (χ3v) is 7.34. The van der Waals surface area contributed by atoms with Crippen LogP contribution in [0.3, 0.4) is 0 Å². The van der Waals surface area contributed by atoms with Gasteiger partial charge < -0.3 is 0 Å². The second-order valence-electron chi connectivity index (χ2n) is 8.18. The lowest BCUT2D eigenvalue weighted by molar-refractivity contribution is -0.387. The Hall–Kier alpha value is -3.88. The molecule has 0 fully saturated rings. The van der Waals surface area contributed by atoms with Crippen molar-refractivity contribution in [1.29, 1.82) is 0 Å². The minimum atomic E-state index is -4.34. The third kappa shape index (κ3) is 4.99. The van der Waals surface area contributed by atoms with Gasteiger partial charge in [-0.15, -0.1) is 0 Å². The molecule has 8 heteroatoms. The summed E-state index contributed by atoms with van der Waals surface area (Å²) >= 11 is 0. The Morgan fingerprint density at radius 2 is 1.51 bits per heavy atom. The zero-order valence-corrected chi connectivity index (χ0v) is 19.9. The Morgan fingerprint density at radius 1 is 0.857 bits per heavy atom. The van der Waals surface area contributed by atoms with Crippen LogP contribution in [0.2, 0.25) is 0 Å². The minimum Gasteiger partial charge on any atom is -0.258 e. The van der Waals surface area contributed by atoms with Crippen LogP contribution in [0, 0.1) is 29.8 Å². The highest BCUT2D eigenvalue weighted by atomic mass is 32.2. The molecule has 0 bridgehead atoms. The van der Waals surface area contributed by atoms with Gasteiger partial charge in [-0.2, -0.15) is 4.72 Å². The van der Waals surface area contributed by atoms with Gasteiger partial charge in [0.25, 0.3) is 5.69 Å². The van der Waals surface area contributed by atoms with Crippen LogP contribution in [-0.2, 0) is 10.0 Å². The fourth-order valence-electron chi connectivity index (χ4n) is 4.21. The first kappa shape index (κ1) is 24.3. The van der Waals surface area contributed by atoms with Gasteiger partial charge in [0.05, 0.1) is 11.0 Å². The summed E-state index contributed by atoms with van der Waals surface area (Å²) in [6.07, 6.45) is 0. The molecule has 0 aliphatic heterocycles. The largest absolute Gasteiger partial charge is 0.289 e. The van der Waals surface area contributed by atoms with Gasteiger partial charge in [-0.1, -0.05) is 66.7 Å². The van der Waals surface area contributed by atoms with Gasteiger partial charge in [0.1, 0.15) is 5.82 Å². The van der Waals surface area contributed by atoms with E-state index in [1.54, 1.807) is 18.2 Å². The Labute approximate surface area is 203 Å². The number of sulfonamides is 1. The van der Waals surface area contributed by atoms with Gasteiger partial charge in [-0.3, -0.25) is 10.1 Å². The topological polar surface area (TPSA) is 89.3 Å². The molecule has 1 atom stereocenters. The Balaban J connectivity index is 1.96. The standard InChI is InChI=1S/C27H23FN2O4S/c1-18-9-3-4-13-22(18)27(29-35(33,34)25-16-6-5-15-24(25)30(31)32)26-19(2)10-7-14-23(26)20-11-8-12-21(28)17-20/h3-17,27,29H,1-2H3. The van der Waals surface area contributed by atoms with Gasteiger partial charge >= 0.3 is 0 Å². The highest BCUT2D eigenvalue weighted by Gasteiger charge is 2.31. The molecule has 4 aromatic carbocycles. The maximum atomic E-state index is 14.1. The number of aryl methyl sites for hydroxylation is 2. The average Bonchev–Trinajstić information content (AvgIpc) is 2.83. The summed E-state index contributed by atoms with van der Waals surface area (Å²) in [7, 11) is -4.34. The lowest BCUT2D eigenvalue weighted by atomic mass is 9.87. The smallest absolute Gasteiger partial charge is 0.258 e. The van der Waals surface area contributed by atoms with Crippen LogP contribution in [0.1, 0.15) is 28.3 Å². The van der Waals surface area contributed by atoms with Crippen LogP contribution < -0.4 is 4.72 Å². The summed E-state index contributed by atoms with van der Waals surface area (Å²) in [5.41, 5.74) is 3.66. The molecule has 35 heavy (non-hydrogen) atoms. The van der Waals surface area contributed by atoms with Crippen LogP contribution in [0.15, 0.2) is 95.9 Å². The van der Waals surface area contributed by atoms with Crippen molar-refractivity contribution in [2.24, 2.45) is 0 Å². The SMILES string of the molecule is Cc1ccccc1C(NS(=O)(=O)c1ccccc1[N+](=O)[O-])c1c(C)cccc1-c1cccc(F)c1. The van der Waals surface area contributed by atoms with Gasteiger partial charge in [0, 0.05) is 6.07 Å². The fraction of sp³-hybridized carbons (Fsp3) is 0.111. The Kier molecular flexibility index (Phi) is 6.77. The van der Waals surface area contributed by atoms with E-state index in [1.165, 1.54) is 30.3 Å². The van der Waals surface area contributed by atoms with E-state index >= 15 is 0 Å². The monoisotopic (exact) mass is 490 g/mol. The molecule has 0 aliphatic carbocycles. The molecule has 0 spiro atoms. The minimum absolute atomic E-state index is 0.414. The van der Waals surface area contributed by atoms with Crippen molar-refractivity contribution in [3.63, 3.8) is 0 Å². The van der Waals surface area contributed by atoms with Crippen molar-refractivity contribution >= 4 is 15.7 Å². The molecule has 6 nitrogen and oxygen atoms in total. The lowest BCUT2D eigenvalue weighted by Gasteiger charge is -2.26. The maximum absolute atomic E-state index is 14.1. The number of nitro benzene ring substituents is 1. The zero-order valence-electron chi connectivity index (χ0n) is 19.1. The summed E-state index contributed by atoms with van der Waals surface area (Å²) < 4.78 is 44.0. The summed E-state index contributed by atoms with van der Waals surface area (Å²) in [4.78, 5) is 10.4. The van der Waals surface area contributed by atoms with Crippen molar-refractivity contribution in [3.05, 3.63) is 129 Å². The summed E-state index contributed by atoms with van der Waals surface area (Å²) in [6, 6.07) is 23.2. The van der Waals surface area contributed by atoms with Gasteiger partial charge in [-0.05, 0) is 65.4 Å². The number of nitrogens with zero attached hydrogens (tertiary/aromatic N) is 1. The molecule has 178 valence electrons. The fourth-order valence-corrected chi connectivity index (χ4v) is 5.57. The van der Waals surface area contributed by atoms with E-state index in [4.69, 9.17) is 0 Å². The maximum Gasteiger partial charge on any atom is 0.289 e. The number of rotatable bonds is 7. The van der Waals surface area contributed by atoms with Gasteiger partial charge in [0.2, 0.25) is 10.0 Å². The van der Waals surface area contributed by atoms with Crippen LogP contribution in [0.4, 0.5) is 10.1 Å². The van der Waals surface area contributed by atoms with E-state index in [-0.39, 0.29) is 0 Å². The Morgan fingerprint density at radius 3 is 2.23 bits per heavy atom. The van der Waals surface area contributed by atoms with Crippen LogP contribution >= 0.6 is 0 Å². The molecular formula is C27H23FN2O4S. The van der Waals surface area contributed by atoms with Crippen LogP contribution in [-0.4, -0.2) is 13.3 Å². The molecular weight excluding hydrogens is 467 g/mol. The molecule has 1 N–H and O–H groups in total. The number of benzene rings is 4. The normalized spacial score (nSPS) is 12.3. The highest BCUT2D eigenvalue weighted by Crippen LogP contribution is 2.37. The zero-order chi connectivity index (χ0) is 25.2.